The van der Waals surface area contributed by atoms with Crippen LogP contribution in [0.5, 0.6) is 5.75 Å². The van der Waals surface area contributed by atoms with Gasteiger partial charge in [-0.25, -0.2) is 0 Å². The molecule has 1 saturated carbocycles. The maximum atomic E-state index is 5.99. The summed E-state index contributed by atoms with van der Waals surface area (Å²) in [5.41, 5.74) is 7.35. The molecule has 1 atom stereocenters. The third-order valence-corrected chi connectivity index (χ3v) is 4.15. The van der Waals surface area contributed by atoms with E-state index in [0.717, 1.165) is 25.2 Å². The van der Waals surface area contributed by atoms with Gasteiger partial charge in [0.15, 0.2) is 0 Å². The highest BCUT2D eigenvalue weighted by Gasteiger charge is 2.26. The van der Waals surface area contributed by atoms with Gasteiger partial charge in [0.25, 0.3) is 0 Å². The molecule has 2 rings (SSSR count). The van der Waals surface area contributed by atoms with Gasteiger partial charge in [-0.2, -0.15) is 0 Å². The molecule has 1 fully saturated rings. The summed E-state index contributed by atoms with van der Waals surface area (Å²) in [5.74, 6) is 1.65. The first kappa shape index (κ1) is 14.4. The summed E-state index contributed by atoms with van der Waals surface area (Å²) in [6.45, 7) is 2.73. The molecular formula is C16H26N2O. The molecule has 0 spiro atoms. The molecule has 0 heterocycles. The number of hydrogen-bond donors (Lipinski definition) is 2. The lowest BCUT2D eigenvalue weighted by atomic mass is 9.79. The lowest BCUT2D eigenvalue weighted by molar-refractivity contribution is 0.262. The molecule has 1 aliphatic rings. The highest BCUT2D eigenvalue weighted by Crippen LogP contribution is 2.34. The van der Waals surface area contributed by atoms with Crippen molar-refractivity contribution in [2.75, 3.05) is 13.7 Å². The molecule has 19 heavy (non-hydrogen) atoms. The third-order valence-electron chi connectivity index (χ3n) is 4.15. The summed E-state index contributed by atoms with van der Waals surface area (Å²) < 4.78 is 5.50. The molecule has 3 nitrogen and oxygen atoms in total. The monoisotopic (exact) mass is 262 g/mol. The van der Waals surface area contributed by atoms with E-state index in [1.165, 1.54) is 18.4 Å². The molecule has 0 saturated heterocycles. The smallest absolute Gasteiger partial charge is 0.119 e. The molecule has 0 radical (unpaired) electrons. The Morgan fingerprint density at radius 2 is 1.84 bits per heavy atom. The van der Waals surface area contributed by atoms with E-state index in [-0.39, 0.29) is 0 Å². The SMILES string of the molecule is CCOc1ccc(C(NC)C2CCC(N)CC2)cc1. The zero-order chi connectivity index (χ0) is 13.7. The van der Waals surface area contributed by atoms with Crippen molar-refractivity contribution >= 4 is 0 Å². The predicted octanol–water partition coefficient (Wildman–Crippen LogP) is 2.86. The Balaban J connectivity index is 2.04. The van der Waals surface area contributed by atoms with Crippen molar-refractivity contribution < 1.29 is 4.74 Å². The standard InChI is InChI=1S/C16H26N2O/c1-3-19-15-10-6-13(7-11-15)16(18-2)12-4-8-14(17)9-5-12/h6-7,10-12,14,16,18H,3-5,8-9,17H2,1-2H3. The van der Waals surface area contributed by atoms with Crippen LogP contribution in [0, 0.1) is 5.92 Å². The summed E-state index contributed by atoms with van der Waals surface area (Å²) in [6, 6.07) is 9.34. The third kappa shape index (κ3) is 3.71. The minimum Gasteiger partial charge on any atom is -0.494 e. The van der Waals surface area contributed by atoms with Gasteiger partial charge in [-0.05, 0) is 63.3 Å². The van der Waals surface area contributed by atoms with Crippen molar-refractivity contribution in [1.82, 2.24) is 5.32 Å². The van der Waals surface area contributed by atoms with E-state index in [4.69, 9.17) is 10.5 Å². The fraction of sp³-hybridized carbons (Fsp3) is 0.625. The van der Waals surface area contributed by atoms with Gasteiger partial charge in [0.05, 0.1) is 6.61 Å². The largest absolute Gasteiger partial charge is 0.494 e. The number of hydrogen-bond acceptors (Lipinski definition) is 3. The zero-order valence-electron chi connectivity index (χ0n) is 12.1. The van der Waals surface area contributed by atoms with Gasteiger partial charge in [-0.1, -0.05) is 12.1 Å². The topological polar surface area (TPSA) is 47.3 Å². The second kappa shape index (κ2) is 6.92. The summed E-state index contributed by atoms with van der Waals surface area (Å²) in [7, 11) is 2.05. The quantitative estimate of drug-likeness (QED) is 0.858. The number of nitrogens with one attached hydrogen (secondary N) is 1. The minimum atomic E-state index is 0.411. The molecule has 0 aliphatic heterocycles. The summed E-state index contributed by atoms with van der Waals surface area (Å²) >= 11 is 0. The highest BCUT2D eigenvalue weighted by atomic mass is 16.5. The minimum absolute atomic E-state index is 0.411. The predicted molar refractivity (Wildman–Crippen MR) is 79.3 cm³/mol. The van der Waals surface area contributed by atoms with Gasteiger partial charge >= 0.3 is 0 Å². The van der Waals surface area contributed by atoms with Crippen LogP contribution in [-0.4, -0.2) is 19.7 Å². The molecule has 1 aliphatic carbocycles. The first-order valence-corrected chi connectivity index (χ1v) is 7.40. The van der Waals surface area contributed by atoms with E-state index >= 15 is 0 Å². The number of nitrogens with two attached hydrogens (primary N) is 1. The number of ether oxygens (including phenoxy) is 1. The van der Waals surface area contributed by atoms with E-state index in [1.54, 1.807) is 0 Å². The maximum Gasteiger partial charge on any atom is 0.119 e. The molecule has 1 aromatic carbocycles. The average molecular weight is 262 g/mol. The van der Waals surface area contributed by atoms with E-state index in [2.05, 4.69) is 36.6 Å². The van der Waals surface area contributed by atoms with Crippen molar-refractivity contribution in [2.24, 2.45) is 11.7 Å². The van der Waals surface area contributed by atoms with E-state index in [9.17, 15) is 0 Å². The summed E-state index contributed by atoms with van der Waals surface area (Å²) in [4.78, 5) is 0. The molecule has 0 amide bonds. The lowest BCUT2D eigenvalue weighted by Gasteiger charge is -2.32. The van der Waals surface area contributed by atoms with Crippen molar-refractivity contribution in [1.29, 1.82) is 0 Å². The van der Waals surface area contributed by atoms with Gasteiger partial charge in [0.1, 0.15) is 5.75 Å². The van der Waals surface area contributed by atoms with Crippen molar-refractivity contribution in [2.45, 2.75) is 44.7 Å². The van der Waals surface area contributed by atoms with Gasteiger partial charge in [-0.3, -0.25) is 0 Å². The molecule has 1 aromatic rings. The molecule has 3 N–H and O–H groups in total. The van der Waals surface area contributed by atoms with Crippen LogP contribution in [0.3, 0.4) is 0 Å². The normalized spacial score (nSPS) is 25.0. The van der Waals surface area contributed by atoms with Gasteiger partial charge in [-0.15, -0.1) is 0 Å². The Kier molecular flexibility index (Phi) is 5.23. The second-order valence-electron chi connectivity index (χ2n) is 5.44. The first-order valence-electron chi connectivity index (χ1n) is 7.40. The van der Waals surface area contributed by atoms with Crippen LogP contribution >= 0.6 is 0 Å². The van der Waals surface area contributed by atoms with E-state index < -0.39 is 0 Å². The van der Waals surface area contributed by atoms with Crippen molar-refractivity contribution in [3.8, 4) is 5.75 Å². The van der Waals surface area contributed by atoms with Crippen molar-refractivity contribution in [3.63, 3.8) is 0 Å². The second-order valence-corrected chi connectivity index (χ2v) is 5.44. The van der Waals surface area contributed by atoms with Crippen LogP contribution in [-0.2, 0) is 0 Å². The Hall–Kier alpha value is -1.06. The lowest BCUT2D eigenvalue weighted by Crippen LogP contribution is -2.33. The highest BCUT2D eigenvalue weighted by molar-refractivity contribution is 5.29. The summed E-state index contributed by atoms with van der Waals surface area (Å²) in [6.07, 6.45) is 4.75. The Labute approximate surface area is 116 Å². The van der Waals surface area contributed by atoms with E-state index in [0.29, 0.717) is 18.0 Å². The van der Waals surface area contributed by atoms with E-state index in [1.807, 2.05) is 6.92 Å². The average Bonchev–Trinajstić information content (AvgIpc) is 2.44. The van der Waals surface area contributed by atoms with Crippen LogP contribution in [0.15, 0.2) is 24.3 Å². The molecular weight excluding hydrogens is 236 g/mol. The van der Waals surface area contributed by atoms with Crippen molar-refractivity contribution in [3.05, 3.63) is 29.8 Å². The Morgan fingerprint density at radius 1 is 1.21 bits per heavy atom. The fourth-order valence-corrected chi connectivity index (χ4v) is 3.09. The number of benzene rings is 1. The van der Waals surface area contributed by atoms with Crippen LogP contribution < -0.4 is 15.8 Å². The molecule has 1 unspecified atom stereocenters. The molecule has 0 aromatic heterocycles. The fourth-order valence-electron chi connectivity index (χ4n) is 3.09. The summed E-state index contributed by atoms with van der Waals surface area (Å²) in [5, 5.41) is 3.47. The van der Waals surface area contributed by atoms with Gasteiger partial charge < -0.3 is 15.8 Å². The van der Waals surface area contributed by atoms with Gasteiger partial charge in [0, 0.05) is 12.1 Å². The van der Waals surface area contributed by atoms with Crippen LogP contribution in [0.25, 0.3) is 0 Å². The Bertz CT molecular complexity index is 369. The van der Waals surface area contributed by atoms with Gasteiger partial charge in [0.2, 0.25) is 0 Å². The first-order chi connectivity index (χ1) is 9.24. The van der Waals surface area contributed by atoms with Crippen LogP contribution in [0.1, 0.15) is 44.2 Å². The molecule has 0 bridgehead atoms. The van der Waals surface area contributed by atoms with Crippen LogP contribution in [0.4, 0.5) is 0 Å². The zero-order valence-corrected chi connectivity index (χ0v) is 12.1. The number of rotatable bonds is 5. The maximum absolute atomic E-state index is 5.99. The van der Waals surface area contributed by atoms with Crippen LogP contribution in [0.2, 0.25) is 0 Å². The molecule has 3 heteroatoms. The Morgan fingerprint density at radius 3 is 2.37 bits per heavy atom. The molecule has 106 valence electrons.